The Morgan fingerprint density at radius 1 is 1.11 bits per heavy atom. The number of anilines is 1. The largest absolute Gasteiger partial charge is 0.322 e. The van der Waals surface area contributed by atoms with E-state index in [2.05, 4.69) is 5.32 Å². The van der Waals surface area contributed by atoms with Gasteiger partial charge in [0.25, 0.3) is 11.7 Å². The lowest BCUT2D eigenvalue weighted by Crippen LogP contribution is -2.28. The maximum Gasteiger partial charge on any atom is 0.288 e. The van der Waals surface area contributed by atoms with Gasteiger partial charge in [0.15, 0.2) is 0 Å². The fourth-order valence-corrected chi connectivity index (χ4v) is 5.35. The summed E-state index contributed by atoms with van der Waals surface area (Å²) in [5.74, 6) is -3.02. The SMILES string of the molecule is O=C(Nc1ccc(Cl)c(S(=O)(=O)N2CCCC2)c1)c1ccc(SC(F)F)cc1. The van der Waals surface area contributed by atoms with E-state index in [1.54, 1.807) is 0 Å². The van der Waals surface area contributed by atoms with Gasteiger partial charge in [0.1, 0.15) is 4.90 Å². The summed E-state index contributed by atoms with van der Waals surface area (Å²) in [6.07, 6.45) is 1.60. The lowest BCUT2D eigenvalue weighted by molar-refractivity contribution is 0.102. The van der Waals surface area contributed by atoms with Crippen molar-refractivity contribution in [2.75, 3.05) is 18.4 Å². The molecule has 5 nitrogen and oxygen atoms in total. The van der Waals surface area contributed by atoms with Gasteiger partial charge in [0.05, 0.1) is 5.02 Å². The van der Waals surface area contributed by atoms with E-state index in [1.165, 1.54) is 46.8 Å². The Labute approximate surface area is 171 Å². The molecule has 3 rings (SSSR count). The highest BCUT2D eigenvalue weighted by molar-refractivity contribution is 7.99. The molecule has 1 aliphatic rings. The molecule has 0 spiro atoms. The van der Waals surface area contributed by atoms with Gasteiger partial charge < -0.3 is 5.32 Å². The van der Waals surface area contributed by atoms with Gasteiger partial charge in [-0.1, -0.05) is 23.4 Å². The predicted octanol–water partition coefficient (Wildman–Crippen LogP) is 4.69. The van der Waals surface area contributed by atoms with E-state index in [0.29, 0.717) is 29.7 Å². The highest BCUT2D eigenvalue weighted by Gasteiger charge is 2.29. The quantitative estimate of drug-likeness (QED) is 0.653. The van der Waals surface area contributed by atoms with Gasteiger partial charge in [-0.05, 0) is 55.3 Å². The van der Waals surface area contributed by atoms with Crippen molar-refractivity contribution in [3.63, 3.8) is 0 Å². The van der Waals surface area contributed by atoms with E-state index in [1.807, 2.05) is 0 Å². The average Bonchev–Trinajstić information content (AvgIpc) is 3.19. The van der Waals surface area contributed by atoms with Crippen molar-refractivity contribution in [1.29, 1.82) is 0 Å². The first-order chi connectivity index (χ1) is 13.3. The zero-order valence-electron chi connectivity index (χ0n) is 14.6. The Morgan fingerprint density at radius 2 is 1.75 bits per heavy atom. The highest BCUT2D eigenvalue weighted by atomic mass is 35.5. The number of alkyl halides is 2. The second kappa shape index (κ2) is 8.77. The van der Waals surface area contributed by atoms with Gasteiger partial charge in [-0.25, -0.2) is 8.42 Å². The van der Waals surface area contributed by atoms with Gasteiger partial charge in [0, 0.05) is 29.2 Å². The van der Waals surface area contributed by atoms with Crippen molar-refractivity contribution in [2.24, 2.45) is 0 Å². The molecule has 1 amide bonds. The number of thioether (sulfide) groups is 1. The van der Waals surface area contributed by atoms with Crippen molar-refractivity contribution in [1.82, 2.24) is 4.31 Å². The number of nitrogens with one attached hydrogen (secondary N) is 1. The minimum Gasteiger partial charge on any atom is -0.322 e. The summed E-state index contributed by atoms with van der Waals surface area (Å²) in [5.41, 5.74) is 0.538. The Hall–Kier alpha value is -1.68. The molecule has 0 aliphatic carbocycles. The molecule has 0 atom stereocenters. The monoisotopic (exact) mass is 446 g/mol. The molecular formula is C18H17ClF2N2O3S2. The Balaban J connectivity index is 1.78. The fourth-order valence-electron chi connectivity index (χ4n) is 2.84. The topological polar surface area (TPSA) is 66.5 Å². The third-order valence-corrected chi connectivity index (χ3v) is 7.32. The van der Waals surface area contributed by atoms with Crippen LogP contribution in [0.15, 0.2) is 52.3 Å². The van der Waals surface area contributed by atoms with Crippen LogP contribution >= 0.6 is 23.4 Å². The van der Waals surface area contributed by atoms with Crippen LogP contribution in [-0.4, -0.2) is 37.5 Å². The molecule has 10 heteroatoms. The van der Waals surface area contributed by atoms with Crippen molar-refractivity contribution >= 4 is 45.0 Å². The Morgan fingerprint density at radius 3 is 2.36 bits per heavy atom. The zero-order valence-corrected chi connectivity index (χ0v) is 17.0. The van der Waals surface area contributed by atoms with Gasteiger partial charge in [-0.2, -0.15) is 13.1 Å². The van der Waals surface area contributed by atoms with Crippen LogP contribution in [0, 0.1) is 0 Å². The number of carbonyl (C=O) groups is 1. The summed E-state index contributed by atoms with van der Waals surface area (Å²) in [6.45, 7) is 0.885. The first kappa shape index (κ1) is 21.0. The van der Waals surface area contributed by atoms with Crippen LogP contribution in [0.1, 0.15) is 23.2 Å². The molecular weight excluding hydrogens is 430 g/mol. The second-order valence-electron chi connectivity index (χ2n) is 6.11. The van der Waals surface area contributed by atoms with Crippen LogP contribution in [-0.2, 0) is 10.0 Å². The molecule has 0 bridgehead atoms. The maximum atomic E-state index is 12.8. The molecule has 1 N–H and O–H groups in total. The van der Waals surface area contributed by atoms with Crippen molar-refractivity contribution in [2.45, 2.75) is 28.4 Å². The van der Waals surface area contributed by atoms with Crippen LogP contribution < -0.4 is 5.32 Å². The first-order valence-electron chi connectivity index (χ1n) is 8.43. The number of nitrogens with zero attached hydrogens (tertiary/aromatic N) is 1. The Kier molecular flexibility index (Phi) is 6.59. The molecule has 1 aliphatic heterocycles. The van der Waals surface area contributed by atoms with Crippen LogP contribution in [0.4, 0.5) is 14.5 Å². The third kappa shape index (κ3) is 4.83. The maximum absolute atomic E-state index is 12.8. The summed E-state index contributed by atoms with van der Waals surface area (Å²) in [6, 6.07) is 9.96. The summed E-state index contributed by atoms with van der Waals surface area (Å²) < 4.78 is 51.6. The lowest BCUT2D eigenvalue weighted by atomic mass is 10.2. The number of amides is 1. The number of benzene rings is 2. The number of halogens is 3. The molecule has 150 valence electrons. The van der Waals surface area contributed by atoms with E-state index in [4.69, 9.17) is 11.6 Å². The van der Waals surface area contributed by atoms with Crippen LogP contribution in [0.5, 0.6) is 0 Å². The zero-order chi connectivity index (χ0) is 20.3. The van der Waals surface area contributed by atoms with E-state index in [-0.39, 0.29) is 21.2 Å². The second-order valence-corrected chi connectivity index (χ2v) is 9.49. The van der Waals surface area contributed by atoms with Crippen LogP contribution in [0.3, 0.4) is 0 Å². The molecule has 1 saturated heterocycles. The average molecular weight is 447 g/mol. The third-order valence-electron chi connectivity index (χ3n) is 4.21. The highest BCUT2D eigenvalue weighted by Crippen LogP contribution is 2.30. The predicted molar refractivity (Wildman–Crippen MR) is 106 cm³/mol. The number of sulfonamides is 1. The molecule has 0 aromatic heterocycles. The first-order valence-corrected chi connectivity index (χ1v) is 11.1. The van der Waals surface area contributed by atoms with Gasteiger partial charge in [0.2, 0.25) is 10.0 Å². The van der Waals surface area contributed by atoms with Crippen LogP contribution in [0.2, 0.25) is 5.02 Å². The summed E-state index contributed by atoms with van der Waals surface area (Å²) in [5, 5.41) is 2.69. The number of carbonyl (C=O) groups excluding carboxylic acids is 1. The summed E-state index contributed by atoms with van der Waals surface area (Å²) >= 11 is 6.48. The van der Waals surface area contributed by atoms with Crippen molar-refractivity contribution in [3.8, 4) is 0 Å². The summed E-state index contributed by atoms with van der Waals surface area (Å²) in [7, 11) is -3.73. The summed E-state index contributed by atoms with van der Waals surface area (Å²) in [4.78, 5) is 12.7. The van der Waals surface area contributed by atoms with E-state index >= 15 is 0 Å². The molecule has 28 heavy (non-hydrogen) atoms. The van der Waals surface area contributed by atoms with Gasteiger partial charge >= 0.3 is 0 Å². The minimum atomic E-state index is -3.73. The Bertz CT molecular complexity index is 963. The lowest BCUT2D eigenvalue weighted by Gasteiger charge is -2.17. The molecule has 1 fully saturated rings. The van der Waals surface area contributed by atoms with E-state index in [9.17, 15) is 22.0 Å². The standard InChI is InChI=1S/C18H17ClF2N2O3S2/c19-15-8-5-13(11-16(15)28(25,26)23-9-1-2-10-23)22-17(24)12-3-6-14(7-4-12)27-18(20)21/h3-8,11,18H,1-2,9-10H2,(H,22,24). The molecule has 2 aromatic carbocycles. The van der Waals surface area contributed by atoms with Crippen molar-refractivity contribution < 1.29 is 22.0 Å². The molecule has 2 aromatic rings. The normalized spacial score (nSPS) is 15.1. The molecule has 0 saturated carbocycles. The van der Waals surface area contributed by atoms with Crippen molar-refractivity contribution in [3.05, 3.63) is 53.1 Å². The minimum absolute atomic E-state index is 0.0578. The number of hydrogen-bond acceptors (Lipinski definition) is 4. The smallest absolute Gasteiger partial charge is 0.288 e. The number of rotatable bonds is 6. The molecule has 0 radical (unpaired) electrons. The van der Waals surface area contributed by atoms with Gasteiger partial charge in [-0.15, -0.1) is 0 Å². The van der Waals surface area contributed by atoms with E-state index in [0.717, 1.165) is 12.8 Å². The molecule has 1 heterocycles. The molecule has 0 unspecified atom stereocenters. The fraction of sp³-hybridized carbons (Fsp3) is 0.278. The van der Waals surface area contributed by atoms with Crippen LogP contribution in [0.25, 0.3) is 0 Å². The van der Waals surface area contributed by atoms with Gasteiger partial charge in [-0.3, -0.25) is 4.79 Å². The number of hydrogen-bond donors (Lipinski definition) is 1. The van der Waals surface area contributed by atoms with E-state index < -0.39 is 21.7 Å².